The van der Waals surface area contributed by atoms with Gasteiger partial charge >= 0.3 is 35.8 Å². The molecule has 0 spiro atoms. The molecular formula is C12H12Fe2O12. The molecule has 0 aromatic rings. The Balaban J connectivity index is -0.0000000817. The van der Waals surface area contributed by atoms with Crippen LogP contribution in [0.25, 0.3) is 0 Å². The first-order valence-corrected chi connectivity index (χ1v) is 5.30. The molecular weight excluding hydrogens is 448 g/mol. The van der Waals surface area contributed by atoms with Gasteiger partial charge in [0, 0.05) is 70.6 Å². The first kappa shape index (κ1) is 34.4. The number of carboxylic acids is 6. The summed E-state index contributed by atoms with van der Waals surface area (Å²) >= 11 is 0. The van der Waals surface area contributed by atoms with Gasteiger partial charge in [0.2, 0.25) is 0 Å². The molecule has 14 heteroatoms. The van der Waals surface area contributed by atoms with Crippen LogP contribution in [-0.2, 0) is 62.9 Å². The summed E-state index contributed by atoms with van der Waals surface area (Å²) in [7, 11) is 0. The maximum absolute atomic E-state index is 9.55. The molecule has 26 heavy (non-hydrogen) atoms. The van der Waals surface area contributed by atoms with Crippen molar-refractivity contribution in [1.82, 2.24) is 0 Å². The number of carbonyl (C=O) groups is 6. The van der Waals surface area contributed by atoms with E-state index in [0.717, 1.165) is 0 Å². The van der Waals surface area contributed by atoms with Crippen LogP contribution in [0.4, 0.5) is 0 Å². The quantitative estimate of drug-likeness (QED) is 0.210. The molecule has 0 radical (unpaired) electrons. The molecule has 0 amide bonds. The van der Waals surface area contributed by atoms with E-state index in [-0.39, 0.29) is 34.1 Å². The third kappa shape index (κ3) is 58.2. The molecule has 0 aliphatic rings. The molecule has 0 heterocycles. The van der Waals surface area contributed by atoms with Crippen LogP contribution in [-0.4, -0.2) is 66.5 Å². The van der Waals surface area contributed by atoms with Crippen molar-refractivity contribution in [2.45, 2.75) is 0 Å². The normalized spacial score (nSPS) is 8.77. The fourth-order valence-electron chi connectivity index (χ4n) is 0.428. The summed E-state index contributed by atoms with van der Waals surface area (Å²) in [5.41, 5.74) is 0. The maximum Gasteiger partial charge on any atom is 0.328 e. The summed E-state index contributed by atoms with van der Waals surface area (Å²) < 4.78 is 0. The number of rotatable bonds is 6. The van der Waals surface area contributed by atoms with Gasteiger partial charge in [-0.05, 0) is 0 Å². The number of aliphatic carboxylic acids is 6. The molecule has 148 valence electrons. The molecule has 0 atom stereocenters. The molecule has 12 nitrogen and oxygen atoms in total. The third-order valence-corrected chi connectivity index (χ3v) is 1.11. The summed E-state index contributed by atoms with van der Waals surface area (Å²) in [5.74, 6) is -7.54. The Labute approximate surface area is 166 Å². The van der Waals surface area contributed by atoms with Crippen LogP contribution < -0.4 is 0 Å². The van der Waals surface area contributed by atoms with E-state index in [1.165, 1.54) is 0 Å². The molecule has 0 unspecified atom stereocenters. The first-order valence-electron chi connectivity index (χ1n) is 5.30. The van der Waals surface area contributed by atoms with E-state index in [0.29, 0.717) is 36.5 Å². The van der Waals surface area contributed by atoms with Gasteiger partial charge < -0.3 is 30.6 Å². The fraction of sp³-hybridized carbons (Fsp3) is 0. The van der Waals surface area contributed by atoms with Gasteiger partial charge in [-0.15, -0.1) is 0 Å². The third-order valence-electron chi connectivity index (χ3n) is 1.11. The van der Waals surface area contributed by atoms with Crippen LogP contribution in [0.1, 0.15) is 0 Å². The molecule has 0 saturated carbocycles. The SMILES string of the molecule is O=C(O)/C=C/C(=O)O.O=C(O)/C=C\C(=O)O.O=C(O)/C=C\C(=O)O.[Fe].[Fe]. The van der Waals surface area contributed by atoms with Gasteiger partial charge in [0.1, 0.15) is 0 Å². The maximum atomic E-state index is 9.55. The second-order valence-corrected chi connectivity index (χ2v) is 3.03. The van der Waals surface area contributed by atoms with Crippen LogP contribution in [0.3, 0.4) is 0 Å². The average molecular weight is 460 g/mol. The van der Waals surface area contributed by atoms with E-state index in [9.17, 15) is 28.8 Å². The number of hydrogen-bond acceptors (Lipinski definition) is 6. The summed E-state index contributed by atoms with van der Waals surface area (Å²) in [5, 5.41) is 46.9. The number of hydrogen-bond donors (Lipinski definition) is 6. The van der Waals surface area contributed by atoms with E-state index in [1.54, 1.807) is 0 Å². The van der Waals surface area contributed by atoms with Crippen molar-refractivity contribution in [2.24, 2.45) is 0 Å². The molecule has 0 rings (SSSR count). The molecule has 0 fully saturated rings. The molecule has 0 saturated heterocycles. The Hall–Kier alpha value is -2.92. The van der Waals surface area contributed by atoms with Crippen LogP contribution in [0.15, 0.2) is 36.5 Å². The fourth-order valence-corrected chi connectivity index (χ4v) is 0.428. The zero-order valence-electron chi connectivity index (χ0n) is 12.3. The molecule has 0 aliphatic carbocycles. The van der Waals surface area contributed by atoms with E-state index in [2.05, 4.69) is 0 Å². The van der Waals surface area contributed by atoms with Crippen molar-refractivity contribution in [1.29, 1.82) is 0 Å². The standard InChI is InChI=1S/3C4H4O4.2Fe/c3*5-3(6)1-2-4(7)8;;/h3*1-2H,(H,5,6)(H,7,8);;/b2-1+;2*2-1-;;. The van der Waals surface area contributed by atoms with Crippen LogP contribution in [0, 0.1) is 0 Å². The predicted molar refractivity (Wildman–Crippen MR) is 73.2 cm³/mol. The van der Waals surface area contributed by atoms with Crippen molar-refractivity contribution in [3.05, 3.63) is 36.5 Å². The van der Waals surface area contributed by atoms with Gasteiger partial charge in [-0.1, -0.05) is 0 Å². The van der Waals surface area contributed by atoms with Gasteiger partial charge in [-0.2, -0.15) is 0 Å². The zero-order valence-corrected chi connectivity index (χ0v) is 14.5. The predicted octanol–water partition coefficient (Wildman–Crippen LogP) is -0.870. The van der Waals surface area contributed by atoms with Gasteiger partial charge in [-0.3, -0.25) is 0 Å². The van der Waals surface area contributed by atoms with Gasteiger partial charge in [-0.25, -0.2) is 28.8 Å². The summed E-state index contributed by atoms with van der Waals surface area (Å²) in [4.78, 5) is 57.3. The monoisotopic (exact) mass is 460 g/mol. The van der Waals surface area contributed by atoms with Crippen molar-refractivity contribution in [2.75, 3.05) is 0 Å². The van der Waals surface area contributed by atoms with E-state index >= 15 is 0 Å². The summed E-state index contributed by atoms with van der Waals surface area (Å²) in [6.45, 7) is 0. The Kier molecular flexibility index (Phi) is 29.2. The Morgan fingerprint density at radius 3 is 0.462 bits per heavy atom. The van der Waals surface area contributed by atoms with Crippen LogP contribution >= 0.6 is 0 Å². The second kappa shape index (κ2) is 22.1. The van der Waals surface area contributed by atoms with Crippen molar-refractivity contribution in [3.63, 3.8) is 0 Å². The molecule has 0 aromatic heterocycles. The molecule has 6 N–H and O–H groups in total. The second-order valence-electron chi connectivity index (χ2n) is 3.03. The average Bonchev–Trinajstić information content (AvgIpc) is 2.42. The van der Waals surface area contributed by atoms with Crippen LogP contribution in [0.5, 0.6) is 0 Å². The van der Waals surface area contributed by atoms with Gasteiger partial charge in [0.05, 0.1) is 0 Å². The minimum atomic E-state index is -1.26. The first-order chi connectivity index (χ1) is 10.9. The van der Waals surface area contributed by atoms with Crippen molar-refractivity contribution >= 4 is 35.8 Å². The molecule has 0 bridgehead atoms. The number of carboxylic acid groups (broad SMARTS) is 6. The van der Waals surface area contributed by atoms with E-state index in [4.69, 9.17) is 30.6 Å². The van der Waals surface area contributed by atoms with E-state index in [1.807, 2.05) is 0 Å². The van der Waals surface area contributed by atoms with Crippen LogP contribution in [0.2, 0.25) is 0 Å². The Morgan fingerprint density at radius 1 is 0.346 bits per heavy atom. The summed E-state index contributed by atoms with van der Waals surface area (Å²) in [6.07, 6.45) is 3.35. The van der Waals surface area contributed by atoms with E-state index < -0.39 is 35.8 Å². The topological polar surface area (TPSA) is 224 Å². The van der Waals surface area contributed by atoms with Gasteiger partial charge in [0.15, 0.2) is 0 Å². The summed E-state index contributed by atoms with van der Waals surface area (Å²) in [6, 6.07) is 0. The minimum Gasteiger partial charge on any atom is -0.478 e. The van der Waals surface area contributed by atoms with Crippen molar-refractivity contribution in [3.8, 4) is 0 Å². The Morgan fingerprint density at radius 2 is 0.423 bits per heavy atom. The zero-order chi connectivity index (χ0) is 19.7. The van der Waals surface area contributed by atoms with Crippen molar-refractivity contribution < 1.29 is 93.5 Å². The smallest absolute Gasteiger partial charge is 0.328 e. The molecule has 0 aliphatic heterocycles. The van der Waals surface area contributed by atoms with Gasteiger partial charge in [0.25, 0.3) is 0 Å². The Bertz CT molecular complexity index is 448. The minimum absolute atomic E-state index is 0. The molecule has 0 aromatic carbocycles. The largest absolute Gasteiger partial charge is 0.478 e.